The lowest BCUT2D eigenvalue weighted by atomic mass is 10.3. The van der Waals surface area contributed by atoms with Gasteiger partial charge in [0, 0.05) is 13.5 Å². The second kappa shape index (κ2) is 6.93. The third kappa shape index (κ3) is 3.43. The fourth-order valence-electron chi connectivity index (χ4n) is 1.80. The SMILES string of the molecule is CCCc1nc(Cn2nnc(C(=O)OC)c2COC)no1. The molecule has 0 bridgehead atoms. The fraction of sp³-hybridized carbons (Fsp3) is 0.583. The number of rotatable bonds is 7. The molecule has 0 saturated carbocycles. The van der Waals surface area contributed by atoms with Gasteiger partial charge in [0.05, 0.1) is 19.4 Å². The summed E-state index contributed by atoms with van der Waals surface area (Å²) >= 11 is 0. The molecule has 0 spiro atoms. The van der Waals surface area contributed by atoms with Crippen molar-refractivity contribution in [1.82, 2.24) is 25.1 Å². The zero-order chi connectivity index (χ0) is 15.2. The van der Waals surface area contributed by atoms with Gasteiger partial charge in [-0.1, -0.05) is 17.3 Å². The summed E-state index contributed by atoms with van der Waals surface area (Å²) < 4.78 is 16.3. The lowest BCUT2D eigenvalue weighted by Crippen LogP contribution is -2.12. The van der Waals surface area contributed by atoms with Crippen LogP contribution in [0.1, 0.15) is 41.2 Å². The molecule has 0 radical (unpaired) electrons. The first-order valence-electron chi connectivity index (χ1n) is 6.50. The minimum atomic E-state index is -0.562. The molecular weight excluding hydrogens is 278 g/mol. The van der Waals surface area contributed by atoms with Crippen molar-refractivity contribution in [1.29, 1.82) is 0 Å². The van der Waals surface area contributed by atoms with Crippen LogP contribution in [0.3, 0.4) is 0 Å². The maximum absolute atomic E-state index is 11.6. The van der Waals surface area contributed by atoms with Crippen molar-refractivity contribution in [2.75, 3.05) is 14.2 Å². The van der Waals surface area contributed by atoms with Gasteiger partial charge in [-0.15, -0.1) is 5.10 Å². The number of hydrogen-bond acceptors (Lipinski definition) is 8. The van der Waals surface area contributed by atoms with Gasteiger partial charge in [-0.3, -0.25) is 0 Å². The number of aryl methyl sites for hydroxylation is 1. The summed E-state index contributed by atoms with van der Waals surface area (Å²) in [5.41, 5.74) is 0.628. The van der Waals surface area contributed by atoms with E-state index in [0.29, 0.717) is 17.4 Å². The molecule has 0 aromatic carbocycles. The Hall–Kier alpha value is -2.29. The average molecular weight is 295 g/mol. The van der Waals surface area contributed by atoms with Crippen molar-refractivity contribution < 1.29 is 18.8 Å². The van der Waals surface area contributed by atoms with Crippen molar-refractivity contribution in [3.05, 3.63) is 23.1 Å². The van der Waals surface area contributed by atoms with Gasteiger partial charge in [0.15, 0.2) is 11.5 Å². The monoisotopic (exact) mass is 295 g/mol. The lowest BCUT2D eigenvalue weighted by Gasteiger charge is -2.04. The minimum Gasteiger partial charge on any atom is -0.464 e. The van der Waals surface area contributed by atoms with Crippen LogP contribution in [0.25, 0.3) is 0 Å². The predicted molar refractivity (Wildman–Crippen MR) is 69.5 cm³/mol. The number of methoxy groups -OCH3 is 2. The number of carbonyl (C=O) groups excluding carboxylic acids is 1. The van der Waals surface area contributed by atoms with Crippen LogP contribution in [0.2, 0.25) is 0 Å². The van der Waals surface area contributed by atoms with Crippen molar-refractivity contribution >= 4 is 5.97 Å². The van der Waals surface area contributed by atoms with E-state index in [1.54, 1.807) is 0 Å². The molecule has 0 N–H and O–H groups in total. The topological polar surface area (TPSA) is 105 Å². The van der Waals surface area contributed by atoms with Crippen LogP contribution >= 0.6 is 0 Å². The summed E-state index contributed by atoms with van der Waals surface area (Å²) in [5.74, 6) is 0.485. The summed E-state index contributed by atoms with van der Waals surface area (Å²) in [4.78, 5) is 15.9. The number of esters is 1. The molecule has 0 amide bonds. The van der Waals surface area contributed by atoms with Gasteiger partial charge in [0.1, 0.15) is 6.54 Å². The Morgan fingerprint density at radius 3 is 2.86 bits per heavy atom. The highest BCUT2D eigenvalue weighted by Gasteiger charge is 2.21. The fourth-order valence-corrected chi connectivity index (χ4v) is 1.80. The van der Waals surface area contributed by atoms with Crippen LogP contribution in [0.15, 0.2) is 4.52 Å². The first kappa shape index (κ1) is 15.1. The molecule has 114 valence electrons. The zero-order valence-electron chi connectivity index (χ0n) is 12.2. The largest absolute Gasteiger partial charge is 0.464 e. The van der Waals surface area contributed by atoms with Crippen LogP contribution in [-0.2, 0) is 29.0 Å². The first-order chi connectivity index (χ1) is 10.2. The van der Waals surface area contributed by atoms with Gasteiger partial charge >= 0.3 is 5.97 Å². The van der Waals surface area contributed by atoms with Crippen molar-refractivity contribution in [2.45, 2.75) is 32.9 Å². The summed E-state index contributed by atoms with van der Waals surface area (Å²) in [5, 5.41) is 11.6. The third-order valence-electron chi connectivity index (χ3n) is 2.76. The Labute approximate surface area is 121 Å². The Morgan fingerprint density at radius 1 is 1.38 bits per heavy atom. The van der Waals surface area contributed by atoms with E-state index in [4.69, 9.17) is 9.26 Å². The molecule has 21 heavy (non-hydrogen) atoms. The summed E-state index contributed by atoms with van der Waals surface area (Å²) in [7, 11) is 2.81. The minimum absolute atomic E-state index is 0.122. The van der Waals surface area contributed by atoms with Crippen LogP contribution in [-0.4, -0.2) is 45.3 Å². The molecule has 0 aliphatic carbocycles. The molecule has 9 heteroatoms. The number of nitrogens with zero attached hydrogens (tertiary/aromatic N) is 5. The molecule has 2 rings (SSSR count). The Bertz CT molecular complexity index is 607. The maximum atomic E-state index is 11.6. The highest BCUT2D eigenvalue weighted by Crippen LogP contribution is 2.10. The first-order valence-corrected chi connectivity index (χ1v) is 6.50. The molecule has 9 nitrogen and oxygen atoms in total. The van der Waals surface area contributed by atoms with Gasteiger partial charge in [-0.05, 0) is 6.42 Å². The van der Waals surface area contributed by atoms with Gasteiger partial charge in [-0.25, -0.2) is 9.48 Å². The molecule has 2 aromatic rings. The molecule has 0 atom stereocenters. The molecule has 0 aliphatic rings. The van der Waals surface area contributed by atoms with Crippen molar-refractivity contribution in [2.24, 2.45) is 0 Å². The maximum Gasteiger partial charge on any atom is 0.360 e. The zero-order valence-corrected chi connectivity index (χ0v) is 12.2. The molecule has 0 aliphatic heterocycles. The molecule has 2 heterocycles. The van der Waals surface area contributed by atoms with E-state index < -0.39 is 5.97 Å². The average Bonchev–Trinajstić information content (AvgIpc) is 3.08. The number of ether oxygens (including phenoxy) is 2. The molecular formula is C12H17N5O4. The van der Waals surface area contributed by atoms with E-state index in [9.17, 15) is 4.79 Å². The highest BCUT2D eigenvalue weighted by molar-refractivity contribution is 5.88. The van der Waals surface area contributed by atoms with Crippen molar-refractivity contribution in [3.8, 4) is 0 Å². The Balaban J connectivity index is 2.22. The number of hydrogen-bond donors (Lipinski definition) is 0. The summed E-state index contributed by atoms with van der Waals surface area (Å²) in [6.07, 6.45) is 1.65. The van der Waals surface area contributed by atoms with Crippen LogP contribution in [0.5, 0.6) is 0 Å². The quantitative estimate of drug-likeness (QED) is 0.683. The third-order valence-corrected chi connectivity index (χ3v) is 2.76. The summed E-state index contributed by atoms with van der Waals surface area (Å²) in [6.45, 7) is 2.45. The predicted octanol–water partition coefficient (Wildman–Crippen LogP) is 0.595. The molecule has 2 aromatic heterocycles. The highest BCUT2D eigenvalue weighted by atomic mass is 16.5. The van der Waals surface area contributed by atoms with Gasteiger partial charge in [0.2, 0.25) is 5.89 Å². The number of aromatic nitrogens is 5. The van der Waals surface area contributed by atoms with E-state index in [1.165, 1.54) is 18.9 Å². The van der Waals surface area contributed by atoms with Gasteiger partial charge < -0.3 is 14.0 Å². The van der Waals surface area contributed by atoms with E-state index in [2.05, 4.69) is 25.2 Å². The van der Waals surface area contributed by atoms with Gasteiger partial charge in [0.25, 0.3) is 0 Å². The van der Waals surface area contributed by atoms with E-state index in [1.807, 2.05) is 6.92 Å². The lowest BCUT2D eigenvalue weighted by molar-refractivity contribution is 0.0588. The van der Waals surface area contributed by atoms with Crippen molar-refractivity contribution in [3.63, 3.8) is 0 Å². The normalized spacial score (nSPS) is 10.8. The van der Waals surface area contributed by atoms with Crippen LogP contribution in [0.4, 0.5) is 0 Å². The summed E-state index contributed by atoms with van der Waals surface area (Å²) in [6, 6.07) is 0. The van der Waals surface area contributed by atoms with E-state index in [-0.39, 0.29) is 18.8 Å². The van der Waals surface area contributed by atoms with E-state index >= 15 is 0 Å². The second-order valence-corrected chi connectivity index (χ2v) is 4.32. The molecule has 0 saturated heterocycles. The van der Waals surface area contributed by atoms with E-state index in [0.717, 1.165) is 12.8 Å². The van der Waals surface area contributed by atoms with Gasteiger partial charge in [-0.2, -0.15) is 4.98 Å². The van der Waals surface area contributed by atoms with Crippen LogP contribution < -0.4 is 0 Å². The van der Waals surface area contributed by atoms with Crippen LogP contribution in [0, 0.1) is 0 Å². The number of carbonyl (C=O) groups is 1. The second-order valence-electron chi connectivity index (χ2n) is 4.32. The smallest absolute Gasteiger partial charge is 0.360 e. The molecule has 0 unspecified atom stereocenters. The Kier molecular flexibility index (Phi) is 4.99. The molecule has 0 fully saturated rings. The Morgan fingerprint density at radius 2 is 2.19 bits per heavy atom. The standard InChI is InChI=1S/C12H17N5O4/c1-4-5-10-13-9(15-21-10)6-17-8(7-19-2)11(14-16-17)12(18)20-3/h4-7H2,1-3H3.